The van der Waals surface area contributed by atoms with Gasteiger partial charge in [0.15, 0.2) is 0 Å². The van der Waals surface area contributed by atoms with E-state index in [9.17, 15) is 36.0 Å². The molecule has 4 aromatic carbocycles. The van der Waals surface area contributed by atoms with Crippen molar-refractivity contribution in [1.29, 1.82) is 0 Å². The molecule has 6 aromatic rings. The summed E-state index contributed by atoms with van der Waals surface area (Å²) in [4.78, 5) is 70.1. The van der Waals surface area contributed by atoms with Crippen LogP contribution in [0.1, 0.15) is 128 Å². The van der Waals surface area contributed by atoms with Crippen molar-refractivity contribution in [3.05, 3.63) is 104 Å². The molecule has 2 aliphatic rings. The van der Waals surface area contributed by atoms with Crippen LogP contribution in [0.5, 0.6) is 23.0 Å². The topological polar surface area (TPSA) is 366 Å². The molecule has 4 amide bonds. The van der Waals surface area contributed by atoms with Gasteiger partial charge in [-0.05, 0) is 195 Å². The van der Waals surface area contributed by atoms with E-state index in [0.29, 0.717) is 84.1 Å². The molecule has 0 saturated carbocycles. The molecule has 0 spiro atoms. The number of nitrogens with zero attached hydrogens (tertiary/aromatic N) is 2. The number of nitrogens with one attached hydrogen (secondary N) is 9. The monoisotopic (exact) mass is 1340 g/mol. The van der Waals surface area contributed by atoms with Gasteiger partial charge in [0.25, 0.3) is 20.0 Å². The standard InChI is InChI=1S/C67H93N13O12S2/c1-38-40(3)60(42(5)50-34-66(7,8)91-58(38)50)93(85,86)79-64(68)73-26-16-18-54(77-56(81)30-44-36-75-52-22-20-46(89-11)32-48(44)52)62(83)71-25-15-13-14-24-70-28-29-72-63(84)55(78-57(82)31-45-37-76-53-23-21-47(90-12)33-49(45)53)19-17-27-74-65(69)80-94(87,88)61-41(4)39(2)59-51(43(61)6)35-67(9,10)92-59/h20-23,32-33,36-37,54-55,70,75-76H,13-19,24-31,34-35H2,1-12H3,(H,71,83)(H,72,84)(H,77,81)(H,78,82)(H3,68,73,79)(H3,69,74,80)/t54-,55-/m1/s1. The number of sulfonamides is 2. The zero-order valence-electron chi connectivity index (χ0n) is 56.1. The largest absolute Gasteiger partial charge is 0.497 e. The number of unbranched alkanes of at least 4 members (excludes halogenated alkanes) is 2. The zero-order valence-corrected chi connectivity index (χ0v) is 57.7. The predicted molar refractivity (Wildman–Crippen MR) is 364 cm³/mol. The number of amides is 4. The Morgan fingerprint density at radius 2 is 0.979 bits per heavy atom. The third-order valence-electron chi connectivity index (χ3n) is 17.4. The first kappa shape index (κ1) is 71.3. The molecule has 510 valence electrons. The lowest BCUT2D eigenvalue weighted by molar-refractivity contribution is -0.128. The molecule has 2 aromatic heterocycles. The quantitative estimate of drug-likeness (QED) is 0.0138. The van der Waals surface area contributed by atoms with Gasteiger partial charge in [0.05, 0.1) is 36.9 Å². The smallest absolute Gasteiger partial charge is 0.264 e. The minimum atomic E-state index is -4.14. The average Bonchev–Trinajstić information content (AvgIpc) is 1.50. The fourth-order valence-corrected chi connectivity index (χ4v) is 15.4. The molecule has 0 aliphatic carbocycles. The van der Waals surface area contributed by atoms with E-state index >= 15 is 0 Å². The van der Waals surface area contributed by atoms with E-state index in [-0.39, 0.29) is 97.6 Å². The summed E-state index contributed by atoms with van der Waals surface area (Å²) < 4.78 is 83.3. The number of rotatable bonds is 31. The van der Waals surface area contributed by atoms with Crippen molar-refractivity contribution in [3.8, 4) is 23.0 Å². The first-order valence-corrected chi connectivity index (χ1v) is 34.8. The number of carbonyl (C=O) groups excluding carboxylic acids is 4. The van der Waals surface area contributed by atoms with Crippen molar-refractivity contribution in [2.24, 2.45) is 21.5 Å². The molecular formula is C67H93N13O12S2. The van der Waals surface area contributed by atoms with Crippen LogP contribution in [0.15, 0.2) is 68.6 Å². The highest BCUT2D eigenvalue weighted by atomic mass is 32.2. The first-order chi connectivity index (χ1) is 44.4. The van der Waals surface area contributed by atoms with Gasteiger partial charge in [-0.25, -0.2) is 26.3 Å². The maximum atomic E-state index is 13.8. The molecule has 8 rings (SSSR count). The third-order valence-corrected chi connectivity index (χ3v) is 20.6. The molecule has 0 bridgehead atoms. The molecule has 0 saturated heterocycles. The number of fused-ring (bicyclic) bond motifs is 4. The summed E-state index contributed by atoms with van der Waals surface area (Å²) in [5.41, 5.74) is 19.9. The van der Waals surface area contributed by atoms with Gasteiger partial charge >= 0.3 is 0 Å². The van der Waals surface area contributed by atoms with Crippen LogP contribution in [0.4, 0.5) is 0 Å². The number of aliphatic imine (C=N–C) groups is 2. The van der Waals surface area contributed by atoms with Gasteiger partial charge < -0.3 is 67.0 Å². The van der Waals surface area contributed by atoms with E-state index < -0.39 is 49.2 Å². The van der Waals surface area contributed by atoms with Gasteiger partial charge in [0.1, 0.15) is 46.3 Å². The SMILES string of the molecule is COc1ccc2[nH]cc(CC(=O)N[C@H](CCCN=C(N)NS(=O)(=O)c3c(C)c(C)c4c(c3C)CC(C)(C)O4)C(=O)NCCCCCNCCNC(=O)[C@@H](CCCN=C(N)NS(=O)(=O)c3c(C)c(C)c4c(c3C)CC(C)(C)O4)NC(=O)Cc3c[nH]c4ccc(OC)cc34)c2c1. The first-order valence-electron chi connectivity index (χ1n) is 31.8. The Bertz CT molecular complexity index is 3860. The van der Waals surface area contributed by atoms with E-state index in [1.54, 1.807) is 54.3 Å². The van der Waals surface area contributed by atoms with E-state index in [0.717, 1.165) is 68.0 Å². The van der Waals surface area contributed by atoms with Crippen LogP contribution in [0.3, 0.4) is 0 Å². The Morgan fingerprint density at radius 3 is 1.40 bits per heavy atom. The van der Waals surface area contributed by atoms with Crippen LogP contribution in [0.25, 0.3) is 21.8 Å². The number of nitrogens with two attached hydrogens (primary N) is 2. The molecule has 25 nitrogen and oxygen atoms in total. The van der Waals surface area contributed by atoms with Crippen LogP contribution < -0.4 is 66.4 Å². The number of aromatic amines is 2. The van der Waals surface area contributed by atoms with Crippen molar-refractivity contribution < 1.29 is 55.0 Å². The average molecular weight is 1340 g/mol. The highest BCUT2D eigenvalue weighted by Crippen LogP contribution is 2.45. The molecule has 4 heterocycles. The number of hydrogen-bond acceptors (Lipinski definition) is 15. The van der Waals surface area contributed by atoms with E-state index in [1.165, 1.54) is 0 Å². The van der Waals surface area contributed by atoms with Gasteiger partial charge in [-0.3, -0.25) is 29.2 Å². The van der Waals surface area contributed by atoms with Crippen molar-refractivity contribution in [3.63, 3.8) is 0 Å². The molecule has 2 aliphatic heterocycles. The van der Waals surface area contributed by atoms with Crippen LogP contribution in [0.2, 0.25) is 0 Å². The number of guanidine groups is 2. The van der Waals surface area contributed by atoms with Gasteiger partial charge in [-0.1, -0.05) is 6.42 Å². The minimum absolute atomic E-state index is 0.0143. The normalized spacial score (nSPS) is 14.9. The zero-order chi connectivity index (χ0) is 68.5. The van der Waals surface area contributed by atoms with Crippen molar-refractivity contribution in [2.45, 2.75) is 173 Å². The van der Waals surface area contributed by atoms with E-state index in [2.05, 4.69) is 56.0 Å². The molecule has 13 N–H and O–H groups in total. The Balaban J connectivity index is 0.809. The van der Waals surface area contributed by atoms with Gasteiger partial charge in [0.2, 0.25) is 35.5 Å². The number of hydrogen-bond donors (Lipinski definition) is 11. The lowest BCUT2D eigenvalue weighted by Gasteiger charge is -2.19. The summed E-state index contributed by atoms with van der Waals surface area (Å²) in [6, 6.07) is 9.14. The number of aromatic nitrogens is 2. The number of benzene rings is 4. The highest BCUT2D eigenvalue weighted by Gasteiger charge is 2.39. The van der Waals surface area contributed by atoms with Crippen molar-refractivity contribution in [2.75, 3.05) is 53.5 Å². The Morgan fingerprint density at radius 1 is 0.564 bits per heavy atom. The summed E-state index contributed by atoms with van der Waals surface area (Å²) in [5.74, 6) is 0.506. The summed E-state index contributed by atoms with van der Waals surface area (Å²) in [5, 5.41) is 16.6. The molecular weight excluding hydrogens is 1240 g/mol. The lowest BCUT2D eigenvalue weighted by atomic mass is 9.94. The number of H-pyrrole nitrogens is 2. The van der Waals surface area contributed by atoms with Crippen LogP contribution in [0, 0.1) is 41.5 Å². The van der Waals surface area contributed by atoms with E-state index in [1.807, 2.05) is 77.9 Å². The van der Waals surface area contributed by atoms with Crippen molar-refractivity contribution >= 4 is 77.4 Å². The predicted octanol–water partition coefficient (Wildman–Crippen LogP) is 5.84. The molecule has 0 radical (unpaired) electrons. The molecule has 27 heteroatoms. The number of carbonyl (C=O) groups is 4. The second-order valence-electron chi connectivity index (χ2n) is 25.6. The van der Waals surface area contributed by atoms with Crippen molar-refractivity contribution in [1.82, 2.24) is 46.0 Å². The van der Waals surface area contributed by atoms with E-state index in [4.69, 9.17) is 30.4 Å². The molecule has 94 heavy (non-hydrogen) atoms. The van der Waals surface area contributed by atoms with Crippen LogP contribution >= 0.6 is 0 Å². The Labute approximate surface area is 551 Å². The fourth-order valence-electron chi connectivity index (χ4n) is 12.4. The Hall–Kier alpha value is -8.56. The fraction of sp³-hybridized carbons (Fsp3) is 0.493. The number of ether oxygens (including phenoxy) is 4. The van der Waals surface area contributed by atoms with Gasteiger partial charge in [-0.2, -0.15) is 0 Å². The molecule has 0 fully saturated rings. The lowest BCUT2D eigenvalue weighted by Crippen LogP contribution is -2.48. The van der Waals surface area contributed by atoms with Crippen LogP contribution in [-0.2, 0) is 64.9 Å². The summed E-state index contributed by atoms with van der Waals surface area (Å²) in [6.07, 6.45) is 7.59. The number of methoxy groups -OCH3 is 2. The van der Waals surface area contributed by atoms with Crippen LogP contribution in [-0.4, -0.2) is 139 Å². The van der Waals surface area contributed by atoms with Gasteiger partial charge in [-0.15, -0.1) is 0 Å². The molecule has 0 unspecified atom stereocenters. The Kier molecular flexibility index (Phi) is 22.9. The summed E-state index contributed by atoms with van der Waals surface area (Å²) in [7, 11) is -5.16. The summed E-state index contributed by atoms with van der Waals surface area (Å²) in [6.45, 7) is 20.3. The second-order valence-corrected chi connectivity index (χ2v) is 28.8. The summed E-state index contributed by atoms with van der Waals surface area (Å²) >= 11 is 0. The maximum Gasteiger partial charge on any atom is 0.264 e. The third kappa shape index (κ3) is 17.4. The minimum Gasteiger partial charge on any atom is -0.497 e. The van der Waals surface area contributed by atoms with Gasteiger partial charge in [0, 0.05) is 90.9 Å². The second kappa shape index (κ2) is 30.2. The highest BCUT2D eigenvalue weighted by molar-refractivity contribution is 7.90. The molecule has 2 atom stereocenters. The maximum absolute atomic E-state index is 13.8.